The molecule has 0 aliphatic heterocycles. The molecule has 2 aromatic rings. The monoisotopic (exact) mass is 342 g/mol. The second-order valence-electron chi connectivity index (χ2n) is 5.56. The lowest BCUT2D eigenvalue weighted by Gasteiger charge is -2.15. The topological polar surface area (TPSA) is 76.7 Å². The number of carbonyl (C=O) groups excluding carboxylic acids is 2. The maximum Gasteiger partial charge on any atom is 0.251 e. The number of rotatable bonds is 7. The molecule has 132 valence electrons. The minimum absolute atomic E-state index is 0.160. The van der Waals surface area contributed by atoms with E-state index in [0.29, 0.717) is 22.7 Å². The zero-order valence-electron chi connectivity index (χ0n) is 14.5. The second kappa shape index (κ2) is 8.73. The van der Waals surface area contributed by atoms with Gasteiger partial charge in [-0.05, 0) is 31.2 Å². The van der Waals surface area contributed by atoms with Crippen LogP contribution in [-0.4, -0.2) is 32.1 Å². The summed E-state index contributed by atoms with van der Waals surface area (Å²) in [6.45, 7) is 1.79. The maximum absolute atomic E-state index is 12.2. The lowest BCUT2D eigenvalue weighted by Crippen LogP contribution is -2.35. The Morgan fingerprint density at radius 1 is 1.00 bits per heavy atom. The van der Waals surface area contributed by atoms with Gasteiger partial charge in [-0.15, -0.1) is 0 Å². The van der Waals surface area contributed by atoms with Crippen molar-refractivity contribution >= 4 is 17.5 Å². The predicted molar refractivity (Wildman–Crippen MR) is 96.2 cm³/mol. The van der Waals surface area contributed by atoms with E-state index in [1.807, 2.05) is 6.07 Å². The minimum atomic E-state index is -0.298. The third-order valence-corrected chi connectivity index (χ3v) is 3.57. The van der Waals surface area contributed by atoms with Crippen LogP contribution in [0.1, 0.15) is 23.7 Å². The summed E-state index contributed by atoms with van der Waals surface area (Å²) in [4.78, 5) is 24.2. The van der Waals surface area contributed by atoms with Crippen LogP contribution in [0.15, 0.2) is 48.5 Å². The maximum atomic E-state index is 12.2. The first-order valence-corrected chi connectivity index (χ1v) is 7.91. The molecule has 6 heteroatoms. The molecule has 0 spiro atoms. The molecule has 0 aliphatic carbocycles. The lowest BCUT2D eigenvalue weighted by atomic mass is 10.1. The summed E-state index contributed by atoms with van der Waals surface area (Å²) in [6.07, 6.45) is 0.160. The molecule has 25 heavy (non-hydrogen) atoms. The molecule has 2 N–H and O–H groups in total. The van der Waals surface area contributed by atoms with Gasteiger partial charge in [0.25, 0.3) is 5.91 Å². The molecule has 2 rings (SSSR count). The smallest absolute Gasteiger partial charge is 0.251 e. The fourth-order valence-corrected chi connectivity index (χ4v) is 2.35. The second-order valence-corrected chi connectivity index (χ2v) is 5.56. The fraction of sp³-hybridized carbons (Fsp3) is 0.263. The third-order valence-electron chi connectivity index (χ3n) is 3.57. The Labute approximate surface area is 147 Å². The van der Waals surface area contributed by atoms with Gasteiger partial charge >= 0.3 is 0 Å². The molecular weight excluding hydrogens is 320 g/mol. The summed E-state index contributed by atoms with van der Waals surface area (Å²) in [5.74, 6) is 0.717. The highest BCUT2D eigenvalue weighted by molar-refractivity contribution is 5.95. The molecule has 0 aromatic heterocycles. The van der Waals surface area contributed by atoms with Crippen LogP contribution in [0.5, 0.6) is 11.5 Å². The Balaban J connectivity index is 1.90. The summed E-state index contributed by atoms with van der Waals surface area (Å²) in [7, 11) is 3.08. The summed E-state index contributed by atoms with van der Waals surface area (Å²) in [6, 6.07) is 13.7. The number of benzene rings is 2. The number of hydrogen-bond donors (Lipinski definition) is 2. The summed E-state index contributed by atoms with van der Waals surface area (Å²) in [5, 5.41) is 5.60. The van der Waals surface area contributed by atoms with Crippen LogP contribution in [0.4, 0.5) is 5.69 Å². The van der Waals surface area contributed by atoms with Gasteiger partial charge in [0.15, 0.2) is 11.5 Å². The Hall–Kier alpha value is -3.02. The van der Waals surface area contributed by atoms with Crippen molar-refractivity contribution in [2.24, 2.45) is 0 Å². The van der Waals surface area contributed by atoms with Gasteiger partial charge in [-0.3, -0.25) is 9.59 Å². The largest absolute Gasteiger partial charge is 0.493 e. The number of methoxy groups -OCH3 is 2. The minimum Gasteiger partial charge on any atom is -0.493 e. The van der Waals surface area contributed by atoms with E-state index in [1.165, 1.54) is 7.11 Å². The van der Waals surface area contributed by atoms with Crippen molar-refractivity contribution in [3.63, 3.8) is 0 Å². The first-order chi connectivity index (χ1) is 12.0. The molecule has 0 radical (unpaired) electrons. The average Bonchev–Trinajstić information content (AvgIpc) is 2.62. The van der Waals surface area contributed by atoms with Crippen LogP contribution in [0.3, 0.4) is 0 Å². The number of anilines is 1. The van der Waals surface area contributed by atoms with Crippen molar-refractivity contribution in [3.8, 4) is 11.5 Å². The number of ether oxygens (including phenoxy) is 2. The number of hydrogen-bond acceptors (Lipinski definition) is 4. The van der Waals surface area contributed by atoms with E-state index in [2.05, 4.69) is 10.6 Å². The normalized spacial score (nSPS) is 11.3. The first-order valence-electron chi connectivity index (χ1n) is 7.91. The predicted octanol–water partition coefficient (Wildman–Crippen LogP) is 2.85. The Kier molecular flexibility index (Phi) is 6.39. The molecule has 0 fully saturated rings. The van der Waals surface area contributed by atoms with Gasteiger partial charge in [0.2, 0.25) is 5.91 Å². The van der Waals surface area contributed by atoms with Crippen LogP contribution in [0.2, 0.25) is 0 Å². The Morgan fingerprint density at radius 3 is 2.32 bits per heavy atom. The van der Waals surface area contributed by atoms with E-state index >= 15 is 0 Å². The van der Waals surface area contributed by atoms with E-state index in [-0.39, 0.29) is 24.3 Å². The summed E-state index contributed by atoms with van der Waals surface area (Å²) in [5.41, 5.74) is 1.17. The first kappa shape index (κ1) is 18.3. The standard InChI is InChI=1S/C19H22N2O4/c1-13(20-19(23)14-7-5-4-6-8-14)11-18(22)21-15-9-10-16(24-2)17(12-15)25-3/h4-10,12-13H,11H2,1-3H3,(H,20,23)(H,21,22). The van der Waals surface area contributed by atoms with Crippen molar-refractivity contribution < 1.29 is 19.1 Å². The van der Waals surface area contributed by atoms with E-state index in [4.69, 9.17) is 9.47 Å². The molecule has 0 saturated heterocycles. The number of nitrogens with one attached hydrogen (secondary N) is 2. The van der Waals surface area contributed by atoms with Crippen molar-refractivity contribution in [1.82, 2.24) is 5.32 Å². The zero-order chi connectivity index (χ0) is 18.2. The molecule has 0 aliphatic rings. The zero-order valence-corrected chi connectivity index (χ0v) is 14.5. The molecule has 0 bridgehead atoms. The number of carbonyl (C=O) groups is 2. The van der Waals surface area contributed by atoms with Crippen LogP contribution >= 0.6 is 0 Å². The van der Waals surface area contributed by atoms with E-state index in [0.717, 1.165) is 0 Å². The van der Waals surface area contributed by atoms with Crippen LogP contribution in [-0.2, 0) is 4.79 Å². The molecule has 2 amide bonds. The highest BCUT2D eigenvalue weighted by Gasteiger charge is 2.14. The van der Waals surface area contributed by atoms with Gasteiger partial charge in [0, 0.05) is 29.8 Å². The fourth-order valence-electron chi connectivity index (χ4n) is 2.35. The van der Waals surface area contributed by atoms with Gasteiger partial charge in [0.05, 0.1) is 14.2 Å². The van der Waals surface area contributed by atoms with Crippen molar-refractivity contribution in [2.45, 2.75) is 19.4 Å². The molecule has 6 nitrogen and oxygen atoms in total. The molecule has 2 aromatic carbocycles. The Bertz CT molecular complexity index is 731. The van der Waals surface area contributed by atoms with Gasteiger partial charge < -0.3 is 20.1 Å². The van der Waals surface area contributed by atoms with Crippen molar-refractivity contribution in [2.75, 3.05) is 19.5 Å². The van der Waals surface area contributed by atoms with Crippen molar-refractivity contribution in [3.05, 3.63) is 54.1 Å². The SMILES string of the molecule is COc1ccc(NC(=O)CC(C)NC(=O)c2ccccc2)cc1OC. The molecular formula is C19H22N2O4. The van der Waals surface area contributed by atoms with Crippen LogP contribution < -0.4 is 20.1 Å². The highest BCUT2D eigenvalue weighted by atomic mass is 16.5. The quantitative estimate of drug-likeness (QED) is 0.811. The van der Waals surface area contributed by atoms with Gasteiger partial charge in [-0.25, -0.2) is 0 Å². The molecule has 0 heterocycles. The lowest BCUT2D eigenvalue weighted by molar-refractivity contribution is -0.116. The van der Waals surface area contributed by atoms with E-state index in [1.54, 1.807) is 56.5 Å². The van der Waals surface area contributed by atoms with E-state index < -0.39 is 0 Å². The summed E-state index contributed by atoms with van der Waals surface area (Å²) < 4.78 is 10.4. The molecule has 1 unspecified atom stereocenters. The average molecular weight is 342 g/mol. The van der Waals surface area contributed by atoms with Crippen molar-refractivity contribution in [1.29, 1.82) is 0 Å². The van der Waals surface area contributed by atoms with E-state index in [9.17, 15) is 9.59 Å². The Morgan fingerprint density at radius 2 is 1.68 bits per heavy atom. The summed E-state index contributed by atoms with van der Waals surface area (Å²) >= 11 is 0. The highest BCUT2D eigenvalue weighted by Crippen LogP contribution is 2.29. The molecule has 0 saturated carbocycles. The van der Waals surface area contributed by atoms with Crippen LogP contribution in [0, 0.1) is 0 Å². The number of amides is 2. The third kappa shape index (κ3) is 5.24. The van der Waals surface area contributed by atoms with Gasteiger partial charge in [-0.2, -0.15) is 0 Å². The van der Waals surface area contributed by atoms with Gasteiger partial charge in [0.1, 0.15) is 0 Å². The molecule has 1 atom stereocenters. The van der Waals surface area contributed by atoms with Crippen LogP contribution in [0.25, 0.3) is 0 Å². The van der Waals surface area contributed by atoms with Gasteiger partial charge in [-0.1, -0.05) is 18.2 Å².